The van der Waals surface area contributed by atoms with E-state index in [-0.39, 0.29) is 11.8 Å². The molecule has 2 heterocycles. The van der Waals surface area contributed by atoms with E-state index in [2.05, 4.69) is 72.4 Å². The van der Waals surface area contributed by atoms with Crippen LogP contribution in [0.3, 0.4) is 0 Å². The highest BCUT2D eigenvalue weighted by Gasteiger charge is 2.28. The molecular formula is C33H22N2O2. The average Bonchev–Trinajstić information content (AvgIpc) is 3.41. The Kier molecular flexibility index (Phi) is 4.79. The van der Waals surface area contributed by atoms with E-state index < -0.39 is 0 Å². The zero-order chi connectivity index (χ0) is 24.9. The SMILES string of the molecule is C=NC(=N)c1ccccc1-c1ccc2c(c1)oc1ccc(C3=C[C@H]4C(=CC=C3)Oc3ccccc34)cc12. The third kappa shape index (κ3) is 3.46. The lowest BCUT2D eigenvalue weighted by atomic mass is 9.94. The summed E-state index contributed by atoms with van der Waals surface area (Å²) in [6.45, 7) is 3.52. The second-order valence-corrected chi connectivity index (χ2v) is 9.24. The van der Waals surface area contributed by atoms with Crippen molar-refractivity contribution in [3.63, 3.8) is 0 Å². The fourth-order valence-corrected chi connectivity index (χ4v) is 5.31. The van der Waals surface area contributed by atoms with Crippen LogP contribution >= 0.6 is 0 Å². The fraction of sp³-hybridized carbons (Fsp3) is 0.0303. The molecule has 4 nitrogen and oxygen atoms in total. The Bertz CT molecular complexity index is 1850. The minimum atomic E-state index is 0.101. The van der Waals surface area contributed by atoms with Crippen LogP contribution in [0.15, 0.2) is 124 Å². The summed E-state index contributed by atoms with van der Waals surface area (Å²) < 4.78 is 12.4. The zero-order valence-electron chi connectivity index (χ0n) is 19.9. The van der Waals surface area contributed by atoms with Gasteiger partial charge in [-0.15, -0.1) is 0 Å². The maximum atomic E-state index is 8.17. The van der Waals surface area contributed by atoms with E-state index in [1.807, 2.05) is 48.5 Å². The summed E-state index contributed by atoms with van der Waals surface area (Å²) in [5.74, 6) is 2.14. The number of aliphatic imine (C=N–C) groups is 1. The Morgan fingerprint density at radius 3 is 2.59 bits per heavy atom. The molecule has 7 rings (SSSR count). The first-order chi connectivity index (χ1) is 18.2. The fourth-order valence-electron chi connectivity index (χ4n) is 5.31. The largest absolute Gasteiger partial charge is 0.460 e. The maximum Gasteiger partial charge on any atom is 0.151 e. The van der Waals surface area contributed by atoms with Crippen molar-refractivity contribution in [1.82, 2.24) is 0 Å². The van der Waals surface area contributed by atoms with E-state index in [0.717, 1.165) is 61.3 Å². The van der Waals surface area contributed by atoms with Crippen molar-refractivity contribution < 1.29 is 9.15 Å². The Morgan fingerprint density at radius 2 is 1.68 bits per heavy atom. The van der Waals surface area contributed by atoms with Crippen LogP contribution in [0.2, 0.25) is 0 Å². The van der Waals surface area contributed by atoms with Crippen molar-refractivity contribution in [3.05, 3.63) is 132 Å². The van der Waals surface area contributed by atoms with E-state index in [9.17, 15) is 0 Å². The third-order valence-corrected chi connectivity index (χ3v) is 7.13. The van der Waals surface area contributed by atoms with Gasteiger partial charge in [0.2, 0.25) is 0 Å². The van der Waals surface area contributed by atoms with Crippen molar-refractivity contribution in [2.24, 2.45) is 4.99 Å². The van der Waals surface area contributed by atoms with Gasteiger partial charge < -0.3 is 9.15 Å². The predicted octanol–water partition coefficient (Wildman–Crippen LogP) is 8.29. The van der Waals surface area contributed by atoms with E-state index >= 15 is 0 Å². The number of hydrogen-bond acceptors (Lipinski definition) is 3. The van der Waals surface area contributed by atoms with Crippen molar-refractivity contribution >= 4 is 40.1 Å². The van der Waals surface area contributed by atoms with Gasteiger partial charge in [-0.25, -0.2) is 4.99 Å². The summed E-state index contributed by atoms with van der Waals surface area (Å²) in [4.78, 5) is 3.82. The highest BCUT2D eigenvalue weighted by molar-refractivity contribution is 6.09. The Labute approximate surface area is 214 Å². The van der Waals surface area contributed by atoms with Gasteiger partial charge in [-0.3, -0.25) is 5.41 Å². The Balaban J connectivity index is 1.31. The number of ether oxygens (including phenoxy) is 1. The Morgan fingerprint density at radius 1 is 0.838 bits per heavy atom. The van der Waals surface area contributed by atoms with Crippen LogP contribution in [0.5, 0.6) is 5.75 Å². The standard InChI is InChI=1S/C33H22N2O2/c1-35-33(34)26-10-3-2-8-23(26)22-13-15-25-28-18-21(14-16-31(28)37-32(25)19-22)20-7-6-12-30-27(17-20)24-9-4-5-11-29(24)36-30/h2-19,27,34H,1H2/t27-/m1/s1. The predicted molar refractivity (Wildman–Crippen MR) is 151 cm³/mol. The molecule has 2 aliphatic rings. The topological polar surface area (TPSA) is 58.6 Å². The minimum Gasteiger partial charge on any atom is -0.460 e. The molecule has 1 aromatic heterocycles. The quantitative estimate of drug-likeness (QED) is 0.209. The molecule has 1 atom stereocenters. The minimum absolute atomic E-state index is 0.101. The van der Waals surface area contributed by atoms with Crippen LogP contribution in [-0.4, -0.2) is 12.6 Å². The average molecular weight is 479 g/mol. The molecular weight excluding hydrogens is 456 g/mol. The molecule has 176 valence electrons. The van der Waals surface area contributed by atoms with Gasteiger partial charge in [-0.05, 0) is 65.4 Å². The van der Waals surface area contributed by atoms with Gasteiger partial charge in [0.1, 0.15) is 22.7 Å². The number of nitrogens with one attached hydrogen (secondary N) is 1. The van der Waals surface area contributed by atoms with Gasteiger partial charge in [0.05, 0.1) is 5.92 Å². The van der Waals surface area contributed by atoms with E-state index in [0.29, 0.717) is 0 Å². The molecule has 0 saturated heterocycles. The van der Waals surface area contributed by atoms with E-state index in [1.54, 1.807) is 0 Å². The normalized spacial score (nSPS) is 15.9. The molecule has 0 radical (unpaired) electrons. The molecule has 0 bridgehead atoms. The zero-order valence-corrected chi connectivity index (χ0v) is 19.9. The number of nitrogens with zero attached hydrogens (tertiary/aromatic N) is 1. The first kappa shape index (κ1) is 21.3. The van der Waals surface area contributed by atoms with E-state index in [4.69, 9.17) is 14.6 Å². The molecule has 5 aromatic rings. The van der Waals surface area contributed by atoms with Crippen LogP contribution in [0.1, 0.15) is 22.6 Å². The van der Waals surface area contributed by atoms with Crippen LogP contribution < -0.4 is 4.74 Å². The second-order valence-electron chi connectivity index (χ2n) is 9.24. The lowest BCUT2D eigenvalue weighted by Gasteiger charge is -2.08. The number of allylic oxidation sites excluding steroid dienone is 5. The number of furan rings is 1. The molecule has 0 fully saturated rings. The monoisotopic (exact) mass is 478 g/mol. The molecule has 37 heavy (non-hydrogen) atoms. The van der Waals surface area contributed by atoms with Crippen molar-refractivity contribution in [2.75, 3.05) is 0 Å². The molecule has 4 heteroatoms. The Hall–Kier alpha value is -4.96. The summed E-state index contributed by atoms with van der Waals surface area (Å²) in [6.07, 6.45) is 8.53. The lowest BCUT2D eigenvalue weighted by molar-refractivity contribution is 0.439. The third-order valence-electron chi connectivity index (χ3n) is 7.13. The van der Waals surface area contributed by atoms with Gasteiger partial charge in [0, 0.05) is 21.9 Å². The summed E-state index contributed by atoms with van der Waals surface area (Å²) in [5.41, 5.74) is 7.77. The summed E-state index contributed by atoms with van der Waals surface area (Å²) >= 11 is 0. The molecule has 1 aliphatic carbocycles. The van der Waals surface area contributed by atoms with Gasteiger partial charge >= 0.3 is 0 Å². The molecule has 0 unspecified atom stereocenters. The molecule has 1 N–H and O–H groups in total. The van der Waals surface area contributed by atoms with Gasteiger partial charge in [-0.2, -0.15) is 0 Å². The summed E-state index contributed by atoms with van der Waals surface area (Å²) in [6, 6.07) is 28.6. The number of rotatable bonds is 3. The van der Waals surface area contributed by atoms with Crippen LogP contribution in [0.25, 0.3) is 38.6 Å². The molecule has 0 saturated carbocycles. The van der Waals surface area contributed by atoms with Crippen molar-refractivity contribution in [1.29, 1.82) is 5.41 Å². The first-order valence-corrected chi connectivity index (χ1v) is 12.2. The second kappa shape index (κ2) is 8.32. The maximum absolute atomic E-state index is 8.17. The van der Waals surface area contributed by atoms with Crippen molar-refractivity contribution in [3.8, 4) is 16.9 Å². The smallest absolute Gasteiger partial charge is 0.151 e. The van der Waals surface area contributed by atoms with Crippen LogP contribution in [0.4, 0.5) is 0 Å². The number of para-hydroxylation sites is 1. The molecule has 4 aromatic carbocycles. The first-order valence-electron chi connectivity index (χ1n) is 12.2. The number of fused-ring (bicyclic) bond motifs is 6. The summed E-state index contributed by atoms with van der Waals surface area (Å²) in [5, 5.41) is 10.3. The number of hydrogen-bond donors (Lipinski definition) is 1. The highest BCUT2D eigenvalue weighted by Crippen LogP contribution is 2.44. The van der Waals surface area contributed by atoms with Crippen molar-refractivity contribution in [2.45, 2.75) is 5.92 Å². The number of benzene rings is 4. The lowest BCUT2D eigenvalue weighted by Crippen LogP contribution is -1.97. The van der Waals surface area contributed by atoms with Gasteiger partial charge in [-0.1, -0.05) is 72.8 Å². The highest BCUT2D eigenvalue weighted by atomic mass is 16.5. The molecule has 0 amide bonds. The van der Waals surface area contributed by atoms with E-state index in [1.165, 1.54) is 5.56 Å². The van der Waals surface area contributed by atoms with Gasteiger partial charge in [0.15, 0.2) is 5.84 Å². The van der Waals surface area contributed by atoms with Crippen LogP contribution in [0, 0.1) is 5.41 Å². The molecule has 1 aliphatic heterocycles. The number of amidine groups is 1. The molecule has 0 spiro atoms. The van der Waals surface area contributed by atoms with Gasteiger partial charge in [0.25, 0.3) is 0 Å². The van der Waals surface area contributed by atoms with Crippen LogP contribution in [-0.2, 0) is 0 Å². The summed E-state index contributed by atoms with van der Waals surface area (Å²) in [7, 11) is 0.